The lowest BCUT2D eigenvalue weighted by Crippen LogP contribution is -2.49. The van der Waals surface area contributed by atoms with E-state index in [-0.39, 0.29) is 18.1 Å². The number of hydrogen-bond donors (Lipinski definition) is 1. The van der Waals surface area contributed by atoms with Gasteiger partial charge in [0, 0.05) is 6.54 Å². The number of morpholine rings is 1. The minimum Gasteiger partial charge on any atom is -0.370 e. The Morgan fingerprint density at radius 3 is 3.05 bits per heavy atom. The van der Waals surface area contributed by atoms with Gasteiger partial charge in [0.1, 0.15) is 6.10 Å². The van der Waals surface area contributed by atoms with E-state index in [0.29, 0.717) is 25.6 Å². The molecule has 2 atom stereocenters. The molecule has 106 valence electrons. The molecule has 19 heavy (non-hydrogen) atoms. The van der Waals surface area contributed by atoms with Gasteiger partial charge in [-0.05, 0) is 34.7 Å². The van der Waals surface area contributed by atoms with Crippen LogP contribution in [0.25, 0.3) is 0 Å². The smallest absolute Gasteiger partial charge is 0.239 e. The monoisotopic (exact) mass is 282 g/mol. The fourth-order valence-electron chi connectivity index (χ4n) is 2.35. The first-order chi connectivity index (χ1) is 9.08. The molecule has 0 radical (unpaired) electrons. The van der Waals surface area contributed by atoms with Gasteiger partial charge in [-0.3, -0.25) is 4.79 Å². The molecule has 1 aliphatic heterocycles. The number of hydrogen-bond acceptors (Lipinski definition) is 4. The lowest BCUT2D eigenvalue weighted by Gasteiger charge is -2.34. The predicted molar refractivity (Wildman–Crippen MR) is 77.0 cm³/mol. The predicted octanol–water partition coefficient (Wildman–Crippen LogP) is 2.02. The molecule has 2 heterocycles. The van der Waals surface area contributed by atoms with Crippen molar-refractivity contribution >= 4 is 17.2 Å². The fourth-order valence-corrected chi connectivity index (χ4v) is 3.05. The Morgan fingerprint density at radius 2 is 2.42 bits per heavy atom. The minimum atomic E-state index is -0.388. The average molecular weight is 282 g/mol. The zero-order valence-electron chi connectivity index (χ0n) is 11.5. The molecule has 0 spiro atoms. The van der Waals surface area contributed by atoms with Gasteiger partial charge in [0.05, 0.1) is 19.2 Å². The second kappa shape index (κ2) is 6.50. The molecular formula is C14H22N2O2S. The van der Waals surface area contributed by atoms with Crippen molar-refractivity contribution in [3.05, 3.63) is 22.4 Å². The fraction of sp³-hybridized carbons (Fsp3) is 0.643. The molecule has 1 saturated heterocycles. The van der Waals surface area contributed by atoms with Crippen molar-refractivity contribution in [1.82, 2.24) is 4.90 Å². The van der Waals surface area contributed by atoms with Crippen LogP contribution in [0.1, 0.15) is 31.9 Å². The Bertz CT molecular complexity index is 406. The van der Waals surface area contributed by atoms with Crippen LogP contribution in [-0.4, -0.2) is 36.5 Å². The molecule has 1 aromatic heterocycles. The van der Waals surface area contributed by atoms with E-state index in [1.165, 1.54) is 0 Å². The first-order valence-electron chi connectivity index (χ1n) is 6.76. The molecular weight excluding hydrogens is 260 g/mol. The lowest BCUT2D eigenvalue weighted by molar-refractivity contribution is -0.140. The summed E-state index contributed by atoms with van der Waals surface area (Å²) in [4.78, 5) is 14.1. The summed E-state index contributed by atoms with van der Waals surface area (Å²) in [6.45, 7) is 6.01. The summed E-state index contributed by atoms with van der Waals surface area (Å²) in [5, 5.41) is 4.11. The Morgan fingerprint density at radius 1 is 1.63 bits per heavy atom. The van der Waals surface area contributed by atoms with Crippen LogP contribution in [0.2, 0.25) is 0 Å². The molecule has 1 fully saturated rings. The highest BCUT2D eigenvalue weighted by Gasteiger charge is 2.28. The molecule has 2 N–H and O–H groups in total. The summed E-state index contributed by atoms with van der Waals surface area (Å²) < 4.78 is 5.74. The van der Waals surface area contributed by atoms with Gasteiger partial charge < -0.3 is 15.4 Å². The molecule has 1 unspecified atom stereocenters. The maximum atomic E-state index is 12.3. The molecule has 4 nitrogen and oxygen atoms in total. The van der Waals surface area contributed by atoms with Crippen molar-refractivity contribution in [3.8, 4) is 0 Å². The Labute approximate surface area is 118 Å². The molecule has 0 aromatic carbocycles. The van der Waals surface area contributed by atoms with Crippen molar-refractivity contribution in [2.45, 2.75) is 32.4 Å². The largest absolute Gasteiger partial charge is 0.370 e. The molecule has 2 rings (SSSR count). The number of thiophene rings is 1. The van der Waals surface area contributed by atoms with Crippen LogP contribution in [0.3, 0.4) is 0 Å². The molecule has 0 aliphatic carbocycles. The third-order valence-corrected chi connectivity index (χ3v) is 4.04. The SMILES string of the molecule is CC(C)C[C@H](N)C(=O)N1CCOC(c2ccsc2)C1. The van der Waals surface area contributed by atoms with Crippen molar-refractivity contribution in [2.24, 2.45) is 11.7 Å². The van der Waals surface area contributed by atoms with Crippen molar-refractivity contribution in [3.63, 3.8) is 0 Å². The summed E-state index contributed by atoms with van der Waals surface area (Å²) in [5.41, 5.74) is 7.14. The zero-order valence-corrected chi connectivity index (χ0v) is 12.4. The van der Waals surface area contributed by atoms with Crippen LogP contribution in [0.5, 0.6) is 0 Å². The third kappa shape index (κ3) is 3.78. The van der Waals surface area contributed by atoms with E-state index in [2.05, 4.69) is 25.3 Å². The van der Waals surface area contributed by atoms with Gasteiger partial charge in [-0.1, -0.05) is 13.8 Å². The molecule has 0 bridgehead atoms. The highest BCUT2D eigenvalue weighted by molar-refractivity contribution is 7.07. The van der Waals surface area contributed by atoms with Crippen molar-refractivity contribution in [1.29, 1.82) is 0 Å². The standard InChI is InChI=1S/C14H22N2O2S/c1-10(2)7-12(15)14(17)16-4-5-18-13(8-16)11-3-6-19-9-11/h3,6,9-10,12-13H,4-5,7-8,15H2,1-2H3/t12-,13?/m0/s1. The van der Waals surface area contributed by atoms with Gasteiger partial charge in [-0.25, -0.2) is 0 Å². The average Bonchev–Trinajstić information content (AvgIpc) is 2.91. The minimum absolute atomic E-state index is 0.00444. The van der Waals surface area contributed by atoms with E-state index in [4.69, 9.17) is 10.5 Å². The molecule has 1 amide bonds. The van der Waals surface area contributed by atoms with Gasteiger partial charge in [-0.2, -0.15) is 11.3 Å². The quantitative estimate of drug-likeness (QED) is 0.919. The Kier molecular flexibility index (Phi) is 4.96. The van der Waals surface area contributed by atoms with E-state index in [1.807, 2.05) is 10.3 Å². The number of amides is 1. The maximum Gasteiger partial charge on any atom is 0.239 e. The molecule has 1 aliphatic rings. The van der Waals surface area contributed by atoms with Crippen LogP contribution in [0.4, 0.5) is 0 Å². The van der Waals surface area contributed by atoms with E-state index in [0.717, 1.165) is 12.0 Å². The second-order valence-corrected chi connectivity index (χ2v) is 6.22. The number of nitrogens with two attached hydrogens (primary N) is 1. The summed E-state index contributed by atoms with van der Waals surface area (Å²) in [6.07, 6.45) is 0.731. The van der Waals surface area contributed by atoms with E-state index >= 15 is 0 Å². The highest BCUT2D eigenvalue weighted by atomic mass is 32.1. The highest BCUT2D eigenvalue weighted by Crippen LogP contribution is 2.24. The van der Waals surface area contributed by atoms with Crippen molar-refractivity contribution in [2.75, 3.05) is 19.7 Å². The number of carbonyl (C=O) groups excluding carboxylic acids is 1. The second-order valence-electron chi connectivity index (χ2n) is 5.44. The molecule has 5 heteroatoms. The van der Waals surface area contributed by atoms with Gasteiger partial charge in [-0.15, -0.1) is 0 Å². The van der Waals surface area contributed by atoms with E-state index in [9.17, 15) is 4.79 Å². The number of carbonyl (C=O) groups is 1. The summed E-state index contributed by atoms with van der Waals surface area (Å²) in [7, 11) is 0. The zero-order chi connectivity index (χ0) is 13.8. The van der Waals surface area contributed by atoms with E-state index in [1.54, 1.807) is 11.3 Å². The van der Waals surface area contributed by atoms with Gasteiger partial charge >= 0.3 is 0 Å². The van der Waals surface area contributed by atoms with Crippen LogP contribution in [0, 0.1) is 5.92 Å². The lowest BCUT2D eigenvalue weighted by atomic mass is 10.0. The van der Waals surface area contributed by atoms with Gasteiger partial charge in [0.25, 0.3) is 0 Å². The van der Waals surface area contributed by atoms with Crippen LogP contribution in [0.15, 0.2) is 16.8 Å². The summed E-state index contributed by atoms with van der Waals surface area (Å²) in [6, 6.07) is 1.67. The van der Waals surface area contributed by atoms with E-state index < -0.39 is 0 Å². The summed E-state index contributed by atoms with van der Waals surface area (Å²) in [5.74, 6) is 0.491. The molecule has 0 saturated carbocycles. The maximum absolute atomic E-state index is 12.3. The third-order valence-electron chi connectivity index (χ3n) is 3.34. The van der Waals surface area contributed by atoms with Crippen LogP contribution < -0.4 is 5.73 Å². The van der Waals surface area contributed by atoms with Gasteiger partial charge in [0.15, 0.2) is 0 Å². The number of rotatable bonds is 4. The summed E-state index contributed by atoms with van der Waals surface area (Å²) >= 11 is 1.65. The topological polar surface area (TPSA) is 55.6 Å². The first kappa shape index (κ1) is 14.5. The normalized spacial score (nSPS) is 21.7. The number of ether oxygens (including phenoxy) is 1. The number of nitrogens with zero attached hydrogens (tertiary/aromatic N) is 1. The Balaban J connectivity index is 1.95. The van der Waals surface area contributed by atoms with Crippen molar-refractivity contribution < 1.29 is 9.53 Å². The van der Waals surface area contributed by atoms with Crippen LogP contribution >= 0.6 is 11.3 Å². The van der Waals surface area contributed by atoms with Crippen LogP contribution in [-0.2, 0) is 9.53 Å². The van der Waals surface area contributed by atoms with Gasteiger partial charge in [0.2, 0.25) is 5.91 Å². The molecule has 1 aromatic rings. The Hall–Kier alpha value is -0.910. The first-order valence-corrected chi connectivity index (χ1v) is 7.70.